The largest absolute Gasteiger partial charge is 0.305 e. The van der Waals surface area contributed by atoms with E-state index in [0.29, 0.717) is 21.6 Å². The molecule has 0 fully saturated rings. The minimum atomic E-state index is -0.168. The number of aromatic nitrogens is 4. The average molecular weight is 482 g/mol. The predicted octanol–water partition coefficient (Wildman–Crippen LogP) is 5.84. The Kier molecular flexibility index (Phi) is 5.21. The van der Waals surface area contributed by atoms with Crippen LogP contribution < -0.4 is 5.56 Å². The quantitative estimate of drug-likeness (QED) is 0.327. The number of para-hydroxylation sites is 1. The van der Waals surface area contributed by atoms with Crippen molar-refractivity contribution in [3.05, 3.63) is 86.2 Å². The van der Waals surface area contributed by atoms with Crippen molar-refractivity contribution >= 4 is 44.5 Å². The molecule has 4 aromatic heterocycles. The second-order valence-electron chi connectivity index (χ2n) is 8.17. The molecule has 4 heterocycles. The highest BCUT2D eigenvalue weighted by molar-refractivity contribution is 7.18. The summed E-state index contributed by atoms with van der Waals surface area (Å²) in [5.74, 6) is 0.295. The third-order valence-electron chi connectivity index (χ3n) is 6.02. The van der Waals surface area contributed by atoms with Crippen molar-refractivity contribution < 1.29 is 0 Å². The molecule has 0 bridgehead atoms. The SMILES string of the molecule is N#C/C(=C/c1cn(-c2ccccc2)nc1-c1cccs1)c1nc2sc3c(c2c(=O)[nH]1)CCCC3. The zero-order valence-corrected chi connectivity index (χ0v) is 19.7. The number of rotatable bonds is 4. The van der Waals surface area contributed by atoms with Crippen molar-refractivity contribution in [1.29, 1.82) is 5.26 Å². The Morgan fingerprint density at radius 3 is 2.79 bits per heavy atom. The number of benzene rings is 1. The molecule has 34 heavy (non-hydrogen) atoms. The van der Waals surface area contributed by atoms with Crippen LogP contribution in [0, 0.1) is 11.3 Å². The van der Waals surface area contributed by atoms with Gasteiger partial charge in [-0.25, -0.2) is 9.67 Å². The first kappa shape index (κ1) is 20.8. The van der Waals surface area contributed by atoms with Gasteiger partial charge in [0, 0.05) is 16.6 Å². The molecule has 1 N–H and O–H groups in total. The summed E-state index contributed by atoms with van der Waals surface area (Å²) in [6.45, 7) is 0. The number of hydrogen-bond donors (Lipinski definition) is 1. The van der Waals surface area contributed by atoms with Crippen LogP contribution in [0.4, 0.5) is 0 Å². The minimum Gasteiger partial charge on any atom is -0.305 e. The van der Waals surface area contributed by atoms with Gasteiger partial charge >= 0.3 is 0 Å². The third-order valence-corrected chi connectivity index (χ3v) is 8.08. The van der Waals surface area contributed by atoms with E-state index < -0.39 is 0 Å². The number of fused-ring (bicyclic) bond motifs is 3. The standard InChI is InChI=1S/C26H19N5OS2/c27-14-16(24-28-25(32)22-19-9-4-5-10-20(19)34-26(22)29-24)13-17-15-31(18-7-2-1-3-8-18)30-23(17)21-11-6-12-33-21/h1-3,6-8,11-13,15H,4-5,9-10H2,(H,28,29,32)/b16-13-. The fourth-order valence-corrected chi connectivity index (χ4v) is 6.40. The lowest BCUT2D eigenvalue weighted by Gasteiger charge is -2.09. The molecule has 0 amide bonds. The second kappa shape index (κ2) is 8.52. The lowest BCUT2D eigenvalue weighted by Crippen LogP contribution is -2.12. The van der Waals surface area contributed by atoms with Gasteiger partial charge in [0.1, 0.15) is 16.6 Å². The van der Waals surface area contributed by atoms with Crippen LogP contribution in [-0.4, -0.2) is 19.7 Å². The van der Waals surface area contributed by atoms with Crippen molar-refractivity contribution in [3.8, 4) is 22.3 Å². The summed E-state index contributed by atoms with van der Waals surface area (Å²) in [6.07, 6.45) is 7.82. The van der Waals surface area contributed by atoms with E-state index in [4.69, 9.17) is 10.1 Å². The molecule has 5 aromatic rings. The van der Waals surface area contributed by atoms with Crippen LogP contribution in [0.15, 0.2) is 58.8 Å². The molecule has 1 aliphatic rings. The normalized spacial score (nSPS) is 13.7. The van der Waals surface area contributed by atoms with Gasteiger partial charge in [-0.15, -0.1) is 22.7 Å². The van der Waals surface area contributed by atoms with Crippen LogP contribution in [0.3, 0.4) is 0 Å². The van der Waals surface area contributed by atoms with Crippen molar-refractivity contribution in [2.75, 3.05) is 0 Å². The number of nitrogens with one attached hydrogen (secondary N) is 1. The van der Waals surface area contributed by atoms with E-state index in [1.165, 1.54) is 4.88 Å². The fraction of sp³-hybridized carbons (Fsp3) is 0.154. The molecule has 6 rings (SSSR count). The van der Waals surface area contributed by atoms with Gasteiger partial charge in [0.15, 0.2) is 5.82 Å². The van der Waals surface area contributed by atoms with Crippen LogP contribution in [0.5, 0.6) is 0 Å². The van der Waals surface area contributed by atoms with Gasteiger partial charge in [-0.2, -0.15) is 10.4 Å². The Balaban J connectivity index is 1.49. The number of aromatic amines is 1. The molecule has 6 nitrogen and oxygen atoms in total. The fourth-order valence-electron chi connectivity index (χ4n) is 4.41. The van der Waals surface area contributed by atoms with E-state index in [1.54, 1.807) is 28.7 Å². The van der Waals surface area contributed by atoms with E-state index in [1.807, 2.05) is 58.7 Å². The summed E-state index contributed by atoms with van der Waals surface area (Å²) < 4.78 is 1.81. The van der Waals surface area contributed by atoms with E-state index >= 15 is 0 Å². The molecule has 8 heteroatoms. The van der Waals surface area contributed by atoms with E-state index in [2.05, 4.69) is 11.1 Å². The highest BCUT2D eigenvalue weighted by Gasteiger charge is 2.21. The topological polar surface area (TPSA) is 87.4 Å². The summed E-state index contributed by atoms with van der Waals surface area (Å²) in [5, 5.41) is 17.5. The van der Waals surface area contributed by atoms with Gasteiger partial charge in [0.2, 0.25) is 0 Å². The van der Waals surface area contributed by atoms with E-state index in [0.717, 1.165) is 53.1 Å². The summed E-state index contributed by atoms with van der Waals surface area (Å²) >= 11 is 3.17. The van der Waals surface area contributed by atoms with Crippen molar-refractivity contribution in [1.82, 2.24) is 19.7 Å². The number of thiophene rings is 2. The Morgan fingerprint density at radius 2 is 2.00 bits per heavy atom. The summed E-state index contributed by atoms with van der Waals surface area (Å²) in [4.78, 5) is 23.6. The maximum absolute atomic E-state index is 13.0. The molecule has 0 atom stereocenters. The molecular weight excluding hydrogens is 462 g/mol. The number of allylic oxidation sites excluding steroid dienone is 1. The van der Waals surface area contributed by atoms with Gasteiger partial charge in [-0.3, -0.25) is 4.79 Å². The summed E-state index contributed by atoms with van der Waals surface area (Å²) in [6, 6.07) is 16.1. The lowest BCUT2D eigenvalue weighted by molar-refractivity contribution is 0.700. The smallest absolute Gasteiger partial charge is 0.260 e. The molecule has 0 saturated carbocycles. The van der Waals surface area contributed by atoms with Crippen molar-refractivity contribution in [2.45, 2.75) is 25.7 Å². The molecule has 0 aliphatic heterocycles. The third kappa shape index (κ3) is 3.59. The molecule has 1 aliphatic carbocycles. The Bertz CT molecular complexity index is 1630. The van der Waals surface area contributed by atoms with Crippen LogP contribution in [-0.2, 0) is 12.8 Å². The lowest BCUT2D eigenvalue weighted by atomic mass is 9.97. The first-order chi connectivity index (χ1) is 16.7. The Morgan fingerprint density at radius 1 is 1.15 bits per heavy atom. The first-order valence-corrected chi connectivity index (χ1v) is 12.8. The second-order valence-corrected chi connectivity index (χ2v) is 10.2. The molecular formula is C26H19N5OS2. The minimum absolute atomic E-state index is 0.168. The zero-order valence-electron chi connectivity index (χ0n) is 18.1. The number of hydrogen-bond acceptors (Lipinski definition) is 6. The number of nitrogens with zero attached hydrogens (tertiary/aromatic N) is 4. The molecule has 0 radical (unpaired) electrons. The van der Waals surface area contributed by atoms with E-state index in [-0.39, 0.29) is 5.56 Å². The monoisotopic (exact) mass is 481 g/mol. The predicted molar refractivity (Wildman–Crippen MR) is 137 cm³/mol. The maximum atomic E-state index is 13.0. The van der Waals surface area contributed by atoms with Gasteiger partial charge in [0.05, 0.1) is 21.5 Å². The van der Waals surface area contributed by atoms with Crippen LogP contribution in [0.2, 0.25) is 0 Å². The van der Waals surface area contributed by atoms with Gasteiger partial charge in [-0.05, 0) is 60.9 Å². The molecule has 166 valence electrons. The molecule has 1 aromatic carbocycles. The zero-order chi connectivity index (χ0) is 23.1. The molecule has 0 saturated heterocycles. The number of nitriles is 1. The molecule has 0 spiro atoms. The van der Waals surface area contributed by atoms with Crippen molar-refractivity contribution in [2.24, 2.45) is 0 Å². The van der Waals surface area contributed by atoms with Gasteiger partial charge < -0.3 is 4.98 Å². The highest BCUT2D eigenvalue weighted by Crippen LogP contribution is 2.34. The first-order valence-electron chi connectivity index (χ1n) is 11.1. The van der Waals surface area contributed by atoms with E-state index in [9.17, 15) is 10.1 Å². The summed E-state index contributed by atoms with van der Waals surface area (Å²) in [7, 11) is 0. The van der Waals surface area contributed by atoms with Crippen LogP contribution >= 0.6 is 22.7 Å². The highest BCUT2D eigenvalue weighted by atomic mass is 32.1. The average Bonchev–Trinajstić information content (AvgIpc) is 3.61. The Hall–Kier alpha value is -3.80. The van der Waals surface area contributed by atoms with Crippen molar-refractivity contribution in [3.63, 3.8) is 0 Å². The van der Waals surface area contributed by atoms with Crippen LogP contribution in [0.25, 0.3) is 38.1 Å². The van der Waals surface area contributed by atoms with Gasteiger partial charge in [0.25, 0.3) is 5.56 Å². The number of aryl methyl sites for hydroxylation is 2. The Labute approximate surface area is 203 Å². The van der Waals surface area contributed by atoms with Crippen LogP contribution in [0.1, 0.15) is 34.7 Å². The molecule has 0 unspecified atom stereocenters. The van der Waals surface area contributed by atoms with Gasteiger partial charge in [-0.1, -0.05) is 24.3 Å². The number of H-pyrrole nitrogens is 1. The maximum Gasteiger partial charge on any atom is 0.260 e. The summed E-state index contributed by atoms with van der Waals surface area (Å²) in [5.41, 5.74) is 3.77.